The van der Waals surface area contributed by atoms with Crippen LogP contribution in [0.2, 0.25) is 0 Å². The number of fused-ring (bicyclic) bond motifs is 3. The lowest BCUT2D eigenvalue weighted by Crippen LogP contribution is -2.50. The summed E-state index contributed by atoms with van der Waals surface area (Å²) < 4.78 is 10.3. The summed E-state index contributed by atoms with van der Waals surface area (Å²) in [4.78, 5) is 26.1. The zero-order chi connectivity index (χ0) is 31.0. The van der Waals surface area contributed by atoms with Gasteiger partial charge < -0.3 is 24.5 Å². The number of carbonyl (C=O) groups excluding carboxylic acids is 1. The second-order valence-electron chi connectivity index (χ2n) is 13.0. The summed E-state index contributed by atoms with van der Waals surface area (Å²) in [6.07, 6.45) is 6.14. The van der Waals surface area contributed by atoms with Gasteiger partial charge in [-0.3, -0.25) is 9.89 Å². The van der Waals surface area contributed by atoms with E-state index in [1.165, 1.54) is 12.8 Å². The van der Waals surface area contributed by atoms with Gasteiger partial charge in [0.05, 0.1) is 35.7 Å². The number of benzene rings is 2. The van der Waals surface area contributed by atoms with Gasteiger partial charge in [-0.1, -0.05) is 6.07 Å². The smallest absolute Gasteiger partial charge is 0.254 e. The van der Waals surface area contributed by atoms with Crippen molar-refractivity contribution in [3.05, 3.63) is 59.8 Å². The molecular formula is C35H38N8O2. The first-order chi connectivity index (χ1) is 21.8. The third kappa shape index (κ3) is 4.58. The van der Waals surface area contributed by atoms with Crippen molar-refractivity contribution in [1.29, 1.82) is 0 Å². The van der Waals surface area contributed by atoms with E-state index in [0.717, 1.165) is 80.7 Å². The number of piperidine rings is 1. The van der Waals surface area contributed by atoms with Crippen LogP contribution in [-0.2, 0) is 13.6 Å². The fraction of sp³-hybridized carbons (Fsp3) is 0.371. The molecule has 45 heavy (non-hydrogen) atoms. The molecule has 1 aliphatic heterocycles. The molecular weight excluding hydrogens is 564 g/mol. The van der Waals surface area contributed by atoms with Crippen molar-refractivity contribution in [1.82, 2.24) is 34.2 Å². The number of hydrogen-bond donors (Lipinski definition) is 2. The van der Waals surface area contributed by atoms with E-state index in [0.29, 0.717) is 23.8 Å². The molecule has 6 aromatic rings. The Balaban J connectivity index is 1.27. The number of rotatable bonds is 6. The number of carbonyl (C=O) groups is 1. The molecule has 2 aromatic carbocycles. The number of aryl methyl sites for hydroxylation is 2. The SMILES string of the molecule is COc1cc(C(=O)N2C[C@H](N)CC[C@@H]2C)cc2nc(-c3cc4ccc(-c5c(C)ccc6[nH]ncc56)nc4n3CC3CC3)n(C)c12. The molecule has 10 heteroatoms. The van der Waals surface area contributed by atoms with Crippen LogP contribution in [-0.4, -0.2) is 65.8 Å². The Bertz CT molecular complexity index is 2120. The molecule has 1 saturated heterocycles. The number of nitrogens with two attached hydrogens (primary N) is 1. The van der Waals surface area contributed by atoms with E-state index in [1.807, 2.05) is 30.3 Å². The molecule has 1 aliphatic carbocycles. The van der Waals surface area contributed by atoms with E-state index in [-0.39, 0.29) is 18.0 Å². The Labute approximate surface area is 261 Å². The minimum atomic E-state index is -0.0347. The Kier molecular flexibility index (Phi) is 6.46. The molecule has 5 heterocycles. The molecule has 2 aliphatic rings. The average Bonchev–Trinajstić information content (AvgIpc) is 3.46. The third-order valence-corrected chi connectivity index (χ3v) is 9.78. The third-order valence-electron chi connectivity index (χ3n) is 9.78. The summed E-state index contributed by atoms with van der Waals surface area (Å²) in [6, 6.07) is 14.5. The summed E-state index contributed by atoms with van der Waals surface area (Å²) >= 11 is 0. The highest BCUT2D eigenvalue weighted by Gasteiger charge is 2.30. The highest BCUT2D eigenvalue weighted by Crippen LogP contribution is 2.39. The molecule has 0 spiro atoms. The molecule has 0 unspecified atom stereocenters. The molecule has 1 saturated carbocycles. The first-order valence-corrected chi connectivity index (χ1v) is 15.9. The molecule has 4 aromatic heterocycles. The number of nitrogens with one attached hydrogen (secondary N) is 1. The number of amides is 1. The van der Waals surface area contributed by atoms with Crippen LogP contribution in [0.25, 0.3) is 55.7 Å². The number of likely N-dealkylation sites (tertiary alicyclic amines) is 1. The molecule has 0 bridgehead atoms. The highest BCUT2D eigenvalue weighted by molar-refractivity contribution is 6.01. The fourth-order valence-corrected chi connectivity index (χ4v) is 7.06. The number of aromatic amines is 1. The van der Waals surface area contributed by atoms with Crippen LogP contribution < -0.4 is 10.5 Å². The van der Waals surface area contributed by atoms with Crippen molar-refractivity contribution in [2.45, 2.75) is 58.2 Å². The fourth-order valence-electron chi connectivity index (χ4n) is 7.06. The van der Waals surface area contributed by atoms with Crippen LogP contribution in [0, 0.1) is 12.8 Å². The number of pyridine rings is 1. The normalized spacial score (nSPS) is 18.8. The number of methoxy groups -OCH3 is 1. The van der Waals surface area contributed by atoms with E-state index in [2.05, 4.69) is 63.5 Å². The van der Waals surface area contributed by atoms with Gasteiger partial charge in [-0.25, -0.2) is 9.97 Å². The molecule has 3 N–H and O–H groups in total. The van der Waals surface area contributed by atoms with Crippen LogP contribution in [0.1, 0.15) is 48.5 Å². The highest BCUT2D eigenvalue weighted by atomic mass is 16.5. The minimum Gasteiger partial charge on any atom is -0.494 e. The maximum Gasteiger partial charge on any atom is 0.254 e. The lowest BCUT2D eigenvalue weighted by Gasteiger charge is -2.36. The van der Waals surface area contributed by atoms with Crippen LogP contribution >= 0.6 is 0 Å². The summed E-state index contributed by atoms with van der Waals surface area (Å²) in [5.41, 5.74) is 14.5. The summed E-state index contributed by atoms with van der Waals surface area (Å²) in [5.74, 6) is 2.03. The molecule has 0 radical (unpaired) electrons. The Morgan fingerprint density at radius 2 is 1.93 bits per heavy atom. The molecule has 2 atom stereocenters. The lowest BCUT2D eigenvalue weighted by molar-refractivity contribution is 0.0612. The van der Waals surface area contributed by atoms with Gasteiger partial charge in [-0.2, -0.15) is 5.10 Å². The van der Waals surface area contributed by atoms with Gasteiger partial charge in [0.25, 0.3) is 5.91 Å². The van der Waals surface area contributed by atoms with E-state index in [4.69, 9.17) is 20.4 Å². The molecule has 1 amide bonds. The van der Waals surface area contributed by atoms with Gasteiger partial charge in [0.1, 0.15) is 16.9 Å². The van der Waals surface area contributed by atoms with Crippen LogP contribution in [0.4, 0.5) is 0 Å². The van der Waals surface area contributed by atoms with Crippen molar-refractivity contribution in [2.24, 2.45) is 18.7 Å². The molecule has 8 rings (SSSR count). The first kappa shape index (κ1) is 27.8. The van der Waals surface area contributed by atoms with Crippen LogP contribution in [0.3, 0.4) is 0 Å². The van der Waals surface area contributed by atoms with Gasteiger partial charge in [0, 0.05) is 54.1 Å². The topological polar surface area (TPSA) is 120 Å². The Hall–Kier alpha value is -4.70. The first-order valence-electron chi connectivity index (χ1n) is 15.9. The van der Waals surface area contributed by atoms with Crippen molar-refractivity contribution in [3.8, 4) is 28.5 Å². The summed E-state index contributed by atoms with van der Waals surface area (Å²) in [7, 11) is 3.66. The van der Waals surface area contributed by atoms with Crippen molar-refractivity contribution >= 4 is 38.9 Å². The maximum atomic E-state index is 13.7. The molecule has 10 nitrogen and oxygen atoms in total. The number of nitrogens with zero attached hydrogens (tertiary/aromatic N) is 6. The van der Waals surface area contributed by atoms with Gasteiger partial charge in [-0.05, 0) is 87.4 Å². The van der Waals surface area contributed by atoms with Crippen molar-refractivity contribution in [2.75, 3.05) is 13.7 Å². The predicted molar refractivity (Wildman–Crippen MR) is 176 cm³/mol. The molecule has 2 fully saturated rings. The zero-order valence-electron chi connectivity index (χ0n) is 26.2. The van der Waals surface area contributed by atoms with Gasteiger partial charge in [0.2, 0.25) is 0 Å². The summed E-state index contributed by atoms with van der Waals surface area (Å²) in [6.45, 7) is 5.64. The van der Waals surface area contributed by atoms with Crippen LogP contribution in [0.15, 0.2) is 48.7 Å². The second-order valence-corrected chi connectivity index (χ2v) is 13.0. The average molecular weight is 603 g/mol. The number of aromatic nitrogens is 6. The zero-order valence-corrected chi connectivity index (χ0v) is 26.2. The largest absolute Gasteiger partial charge is 0.494 e. The number of ether oxygens (including phenoxy) is 1. The second kappa shape index (κ2) is 10.4. The van der Waals surface area contributed by atoms with E-state index in [1.54, 1.807) is 7.11 Å². The Morgan fingerprint density at radius 1 is 1.09 bits per heavy atom. The van der Waals surface area contributed by atoms with Gasteiger partial charge in [-0.15, -0.1) is 0 Å². The predicted octanol–water partition coefficient (Wildman–Crippen LogP) is 5.81. The van der Waals surface area contributed by atoms with E-state index >= 15 is 0 Å². The minimum absolute atomic E-state index is 0.00346. The van der Waals surface area contributed by atoms with Crippen molar-refractivity contribution in [3.63, 3.8) is 0 Å². The summed E-state index contributed by atoms with van der Waals surface area (Å²) in [5, 5.41) is 9.51. The number of H-pyrrole nitrogens is 1. The van der Waals surface area contributed by atoms with E-state index in [9.17, 15) is 4.79 Å². The Morgan fingerprint density at radius 3 is 2.73 bits per heavy atom. The maximum absolute atomic E-state index is 13.7. The van der Waals surface area contributed by atoms with Crippen molar-refractivity contribution < 1.29 is 9.53 Å². The van der Waals surface area contributed by atoms with Gasteiger partial charge >= 0.3 is 0 Å². The number of hydrogen-bond acceptors (Lipinski definition) is 6. The van der Waals surface area contributed by atoms with Crippen LogP contribution in [0.5, 0.6) is 5.75 Å². The lowest BCUT2D eigenvalue weighted by atomic mass is 9.99. The number of imidazole rings is 1. The quantitative estimate of drug-likeness (QED) is 0.248. The molecule has 230 valence electrons. The monoisotopic (exact) mass is 602 g/mol. The van der Waals surface area contributed by atoms with Gasteiger partial charge in [0.15, 0.2) is 5.82 Å². The standard InChI is InChI=1S/C35H38N8O2/c1-19-5-11-26-25(16-37-40-26)31(19)27-12-9-22-14-29(43(33(22)38-27)17-21-7-8-21)34-39-28-13-23(15-30(45-4)32(28)41(34)3)35(44)42-18-24(36)10-6-20(42)2/h5,9,11-16,20-21,24H,6-8,10,17-18,36H2,1-4H3,(H,37,40)/t20-,24+/m0/s1. The van der Waals surface area contributed by atoms with E-state index < -0.39 is 0 Å².